The average molecular weight is 1000 g/mol. The van der Waals surface area contributed by atoms with Crippen molar-refractivity contribution in [2.75, 3.05) is 57.5 Å². The summed E-state index contributed by atoms with van der Waals surface area (Å²) in [6, 6.07) is -0.441. The molecule has 56 heavy (non-hydrogen) atoms. The van der Waals surface area contributed by atoms with Crippen LogP contribution in [0.25, 0.3) is 0 Å². The van der Waals surface area contributed by atoms with Gasteiger partial charge in [0.15, 0.2) is 0 Å². The number of carbonyl (C=O) groups is 2. The lowest BCUT2D eigenvalue weighted by atomic mass is 10.0. The molecule has 0 bridgehead atoms. The Labute approximate surface area is 389 Å². The zero-order valence-corrected chi connectivity index (χ0v) is 42.0. The first-order valence-corrected chi connectivity index (χ1v) is 28.8. The number of thiol groups is 4. The monoisotopic (exact) mass is 1000 g/mol. The maximum Gasteiger partial charge on any atom is 0.322 e. The molecule has 0 radical (unpaired) electrons. The highest BCUT2D eigenvalue weighted by Crippen LogP contribution is 2.53. The summed E-state index contributed by atoms with van der Waals surface area (Å²) in [5, 5.41) is 40.8. The van der Waals surface area contributed by atoms with Crippen LogP contribution in [0.3, 0.4) is 0 Å². The van der Waals surface area contributed by atoms with Gasteiger partial charge in [0.05, 0.1) is 55.1 Å². The summed E-state index contributed by atoms with van der Waals surface area (Å²) in [5.74, 6) is 8.66. The van der Waals surface area contributed by atoms with Crippen LogP contribution in [0.1, 0.15) is 27.7 Å². The SMILES string of the molecule is C=C(O)[C@@H]1CS[C@H]2CS[C@H](CS)N21.C=C(O)[C@H]1CS[C@@H]2CS[C@@H](CS)N12.CC1(C)S[C@@H]2CS[C@@H](CS)N2[C@H]1C(=O)O.CC1(C)S[C@H]2CS[C@H](CS)N2[C@@H]1C(=O)O. The van der Waals surface area contributed by atoms with E-state index >= 15 is 0 Å². The van der Waals surface area contributed by atoms with Gasteiger partial charge < -0.3 is 20.4 Å². The molecule has 8 saturated heterocycles. The number of hydrogen-bond donors (Lipinski definition) is 8. The van der Waals surface area contributed by atoms with Crippen LogP contribution in [0.4, 0.5) is 0 Å². The quantitative estimate of drug-likeness (QED) is 0.0959. The number of rotatable bonds is 8. The van der Waals surface area contributed by atoms with E-state index in [1.54, 1.807) is 23.5 Å². The van der Waals surface area contributed by atoms with Gasteiger partial charge in [-0.05, 0) is 27.7 Å². The van der Waals surface area contributed by atoms with Crippen LogP contribution in [0.2, 0.25) is 0 Å². The van der Waals surface area contributed by atoms with Gasteiger partial charge in [-0.3, -0.25) is 29.2 Å². The molecule has 0 aliphatic carbocycles. The average Bonchev–Trinajstić information content (AvgIpc) is 3.96. The Kier molecular flexibility index (Phi) is 18.5. The molecule has 12 atom stereocenters. The van der Waals surface area contributed by atoms with Crippen LogP contribution < -0.4 is 0 Å². The fraction of sp³-hybridized carbons (Fsp3) is 0.824. The number of aliphatic hydroxyl groups excluding tert-OH is 2. The molecule has 0 aromatic heterocycles. The number of fused-ring (bicyclic) bond motifs is 4. The predicted octanol–water partition coefficient (Wildman–Crippen LogP) is 6.80. The van der Waals surface area contributed by atoms with Gasteiger partial charge in [0.1, 0.15) is 23.6 Å². The number of thioether (sulfide) groups is 8. The molecule has 0 amide bonds. The minimum absolute atomic E-state index is 0.155. The van der Waals surface area contributed by atoms with E-state index in [0.717, 1.165) is 57.5 Å². The van der Waals surface area contributed by atoms with Crippen molar-refractivity contribution in [3.05, 3.63) is 24.7 Å². The van der Waals surface area contributed by atoms with Crippen LogP contribution in [0.15, 0.2) is 24.7 Å². The molecule has 22 heteroatoms. The van der Waals surface area contributed by atoms with E-state index in [2.05, 4.69) is 83.3 Å². The Morgan fingerprint density at radius 1 is 0.518 bits per heavy atom. The van der Waals surface area contributed by atoms with Gasteiger partial charge in [-0.1, -0.05) is 13.2 Å². The summed E-state index contributed by atoms with van der Waals surface area (Å²) in [5.41, 5.74) is 0. The molecule has 0 spiro atoms. The van der Waals surface area contributed by atoms with Crippen molar-refractivity contribution in [2.24, 2.45) is 0 Å². The summed E-state index contributed by atoms with van der Waals surface area (Å²) in [7, 11) is 0. The van der Waals surface area contributed by atoms with Crippen LogP contribution in [0.5, 0.6) is 0 Å². The molecule has 8 fully saturated rings. The van der Waals surface area contributed by atoms with E-state index in [0.29, 0.717) is 43.8 Å². The van der Waals surface area contributed by atoms with Crippen molar-refractivity contribution in [3.63, 3.8) is 0 Å². The van der Waals surface area contributed by atoms with Crippen molar-refractivity contribution in [1.82, 2.24) is 19.6 Å². The summed E-state index contributed by atoms with van der Waals surface area (Å²) in [4.78, 5) is 31.6. The Morgan fingerprint density at radius 2 is 0.804 bits per heavy atom. The third-order valence-corrected chi connectivity index (χ3v) is 24.7. The third kappa shape index (κ3) is 10.7. The van der Waals surface area contributed by atoms with Gasteiger partial charge in [0.25, 0.3) is 0 Å². The zero-order chi connectivity index (χ0) is 41.3. The molecule has 4 N–H and O–H groups in total. The highest BCUT2D eigenvalue weighted by Gasteiger charge is 2.57. The highest BCUT2D eigenvalue weighted by molar-refractivity contribution is 8.06. The number of carboxylic acid groups (broad SMARTS) is 2. The number of aliphatic carboxylic acids is 2. The van der Waals surface area contributed by atoms with Gasteiger partial charge in [-0.25, -0.2) is 0 Å². The van der Waals surface area contributed by atoms with E-state index in [1.807, 2.05) is 98.3 Å². The number of carboxylic acids is 2. The summed E-state index contributed by atoms with van der Waals surface area (Å²) < 4.78 is -0.392. The largest absolute Gasteiger partial charge is 0.511 e. The topological polar surface area (TPSA) is 128 Å². The number of aliphatic hydroxyl groups is 2. The van der Waals surface area contributed by atoms with Crippen molar-refractivity contribution in [2.45, 2.75) is 104 Å². The molecule has 8 heterocycles. The molecule has 8 rings (SSSR count). The molecule has 8 aliphatic heterocycles. The van der Waals surface area contributed by atoms with Crippen LogP contribution in [0, 0.1) is 0 Å². The van der Waals surface area contributed by atoms with Gasteiger partial charge in [0.2, 0.25) is 0 Å². The van der Waals surface area contributed by atoms with Gasteiger partial charge >= 0.3 is 11.9 Å². The Bertz CT molecular complexity index is 1320. The zero-order valence-electron chi connectivity index (χ0n) is 31.9. The smallest absolute Gasteiger partial charge is 0.322 e. The minimum Gasteiger partial charge on any atom is -0.511 e. The first kappa shape index (κ1) is 49.1. The molecule has 320 valence electrons. The van der Waals surface area contributed by atoms with Crippen LogP contribution in [-0.2, 0) is 9.59 Å². The Morgan fingerprint density at radius 3 is 1.07 bits per heavy atom. The van der Waals surface area contributed by atoms with Crippen molar-refractivity contribution >= 4 is 157 Å². The van der Waals surface area contributed by atoms with E-state index in [-0.39, 0.29) is 44.4 Å². The molecule has 10 nitrogen and oxygen atoms in total. The second-order valence-electron chi connectivity index (χ2n) is 15.1. The Balaban J connectivity index is 0.000000143. The molecule has 0 aromatic rings. The van der Waals surface area contributed by atoms with Crippen LogP contribution >= 0.6 is 145 Å². The number of nitrogens with zero attached hydrogens (tertiary/aromatic N) is 4. The first-order valence-electron chi connectivity index (χ1n) is 18.2. The lowest BCUT2D eigenvalue weighted by molar-refractivity contribution is -0.144. The molecule has 8 aliphatic rings. The molecular formula is C34H56N4O6S12. The van der Waals surface area contributed by atoms with Gasteiger partial charge in [0, 0.05) is 67.0 Å². The van der Waals surface area contributed by atoms with Crippen molar-refractivity contribution < 1.29 is 30.0 Å². The third-order valence-electron chi connectivity index (χ3n) is 10.7. The molecule has 0 aromatic carbocycles. The lowest BCUT2D eigenvalue weighted by Gasteiger charge is -2.30. The van der Waals surface area contributed by atoms with Crippen molar-refractivity contribution in [1.29, 1.82) is 0 Å². The van der Waals surface area contributed by atoms with Gasteiger partial charge in [-0.15, -0.1) is 94.1 Å². The van der Waals surface area contributed by atoms with Crippen LogP contribution in [-0.4, -0.2) is 186 Å². The summed E-state index contributed by atoms with van der Waals surface area (Å²) in [6.07, 6.45) is 0. The predicted molar refractivity (Wildman–Crippen MR) is 265 cm³/mol. The second-order valence-corrected chi connectivity index (χ2v) is 27.5. The van der Waals surface area contributed by atoms with Crippen molar-refractivity contribution in [3.8, 4) is 0 Å². The maximum absolute atomic E-state index is 11.3. The molecule has 0 unspecified atom stereocenters. The van der Waals surface area contributed by atoms with E-state index in [4.69, 9.17) is 0 Å². The van der Waals surface area contributed by atoms with E-state index in [1.165, 1.54) is 0 Å². The Hall–Kier alpha value is 2.06. The second kappa shape index (κ2) is 21.2. The standard InChI is InChI=1S/2C9H15NO2S3.2C8H13NOS3/c2*1-9(2)7(8(11)12)10-5(3-13)14-4-6(10)15-9;2*1-5(10)6-3-12-8-4-13-7(2-11)9(6)8/h2*5-7,13H,3-4H2,1-2H3,(H,11,12);2*6-8,10-11H,1-4H2/t2*5-,6+,7-;2*6-,7+,8-/m1010/s1. The van der Waals surface area contributed by atoms with E-state index in [9.17, 15) is 30.0 Å². The van der Waals surface area contributed by atoms with Gasteiger partial charge in [-0.2, -0.15) is 50.5 Å². The lowest BCUT2D eigenvalue weighted by Crippen LogP contribution is -2.49. The summed E-state index contributed by atoms with van der Waals surface area (Å²) in [6.45, 7) is 15.4. The molecular weight excluding hydrogens is 945 g/mol. The minimum atomic E-state index is -0.704. The first-order chi connectivity index (χ1) is 26.4. The normalized spacial score (nSPS) is 39.3. The molecule has 0 saturated carbocycles. The van der Waals surface area contributed by atoms with E-state index < -0.39 is 11.9 Å². The fourth-order valence-corrected chi connectivity index (χ4v) is 22.6. The summed E-state index contributed by atoms with van der Waals surface area (Å²) >= 11 is 32.2. The maximum atomic E-state index is 11.3. The number of hydrogen-bond acceptors (Lipinski definition) is 20. The fourth-order valence-electron chi connectivity index (χ4n) is 8.23. The highest BCUT2D eigenvalue weighted by atomic mass is 32.2.